The molecule has 2 aromatic rings. The van der Waals surface area contributed by atoms with E-state index < -0.39 is 11.5 Å². The number of hydrogen-bond donors (Lipinski definition) is 2. The van der Waals surface area contributed by atoms with Gasteiger partial charge in [0.2, 0.25) is 0 Å². The monoisotopic (exact) mass is 450 g/mol. The molecular weight excluding hydrogens is 412 g/mol. The molecule has 0 saturated heterocycles. The second-order valence-electron chi connectivity index (χ2n) is 9.30. The minimum absolute atomic E-state index is 0.0725. The number of nitrogens with two attached hydrogens (primary N) is 2. The highest BCUT2D eigenvalue weighted by molar-refractivity contribution is 5.84. The maximum Gasteiger partial charge on any atom is 0.327 e. The van der Waals surface area contributed by atoms with Crippen LogP contribution >= 0.6 is 0 Å². The number of allylic oxidation sites excluding steroid dienone is 1. The van der Waals surface area contributed by atoms with Crippen LogP contribution in [0.5, 0.6) is 5.75 Å². The Labute approximate surface area is 198 Å². The minimum Gasteiger partial charge on any atom is -0.494 e. The number of fused-ring (bicyclic) bond motifs is 1. The molecule has 33 heavy (non-hydrogen) atoms. The highest BCUT2D eigenvalue weighted by Crippen LogP contribution is 2.33. The molecule has 1 unspecified atom stereocenters. The number of rotatable bonds is 10. The van der Waals surface area contributed by atoms with Crippen LogP contribution < -0.4 is 16.2 Å². The lowest BCUT2D eigenvalue weighted by atomic mass is 9.94. The van der Waals surface area contributed by atoms with Gasteiger partial charge < -0.3 is 20.9 Å². The Hall–Kier alpha value is -2.63. The van der Waals surface area contributed by atoms with Gasteiger partial charge in [-0.15, -0.1) is 0 Å². The van der Waals surface area contributed by atoms with Gasteiger partial charge in [0.15, 0.2) is 0 Å². The van der Waals surface area contributed by atoms with E-state index in [1.54, 1.807) is 6.92 Å². The van der Waals surface area contributed by atoms with E-state index in [9.17, 15) is 4.79 Å². The summed E-state index contributed by atoms with van der Waals surface area (Å²) >= 11 is 0. The fraction of sp³-hybridized carbons (Fsp3) is 0.464. The normalized spacial score (nSPS) is 15.1. The van der Waals surface area contributed by atoms with Crippen molar-refractivity contribution in [2.24, 2.45) is 11.5 Å². The Balaban J connectivity index is 1.49. The number of ether oxygens (including phenoxy) is 2. The Morgan fingerprint density at radius 3 is 2.64 bits per heavy atom. The summed E-state index contributed by atoms with van der Waals surface area (Å²) in [4.78, 5) is 11.8. The third-order valence-corrected chi connectivity index (χ3v) is 6.47. The van der Waals surface area contributed by atoms with E-state index in [1.165, 1.54) is 33.4 Å². The summed E-state index contributed by atoms with van der Waals surface area (Å²) in [5, 5.41) is 0. The van der Waals surface area contributed by atoms with Crippen molar-refractivity contribution in [2.75, 3.05) is 19.8 Å². The van der Waals surface area contributed by atoms with Crippen LogP contribution in [-0.4, -0.2) is 31.3 Å². The first-order chi connectivity index (χ1) is 15.8. The molecule has 2 aromatic carbocycles. The Kier molecular flexibility index (Phi) is 8.70. The van der Waals surface area contributed by atoms with Gasteiger partial charge >= 0.3 is 5.97 Å². The summed E-state index contributed by atoms with van der Waals surface area (Å²) in [5.74, 6) is 0.478. The van der Waals surface area contributed by atoms with Gasteiger partial charge in [-0.2, -0.15) is 0 Å². The molecule has 3 rings (SSSR count). The van der Waals surface area contributed by atoms with Crippen LogP contribution in [0, 0.1) is 13.8 Å². The van der Waals surface area contributed by atoms with Crippen LogP contribution in [0.25, 0.3) is 11.6 Å². The van der Waals surface area contributed by atoms with Crippen molar-refractivity contribution < 1.29 is 14.3 Å². The molecule has 0 amide bonds. The number of esters is 1. The van der Waals surface area contributed by atoms with E-state index in [2.05, 4.69) is 56.3 Å². The van der Waals surface area contributed by atoms with Crippen molar-refractivity contribution in [3.8, 4) is 5.75 Å². The predicted octanol–water partition coefficient (Wildman–Crippen LogP) is 4.95. The van der Waals surface area contributed by atoms with Crippen LogP contribution in [0.15, 0.2) is 36.4 Å². The molecule has 1 atom stereocenters. The number of aryl methyl sites for hydroxylation is 2. The van der Waals surface area contributed by atoms with Crippen molar-refractivity contribution in [3.63, 3.8) is 0 Å². The molecule has 0 aliphatic heterocycles. The van der Waals surface area contributed by atoms with E-state index >= 15 is 0 Å². The second kappa shape index (κ2) is 11.5. The van der Waals surface area contributed by atoms with Gasteiger partial charge in [0.05, 0.1) is 13.2 Å². The van der Waals surface area contributed by atoms with Crippen LogP contribution in [0.4, 0.5) is 0 Å². The van der Waals surface area contributed by atoms with Gasteiger partial charge in [-0.3, -0.25) is 4.79 Å². The molecule has 0 aromatic heterocycles. The summed E-state index contributed by atoms with van der Waals surface area (Å²) in [5.41, 5.74) is 18.3. The summed E-state index contributed by atoms with van der Waals surface area (Å²) < 4.78 is 11.2. The van der Waals surface area contributed by atoms with Crippen molar-refractivity contribution in [3.05, 3.63) is 64.2 Å². The number of unbranched alkanes of at least 4 members (excludes halogenated alkanes) is 2. The van der Waals surface area contributed by atoms with E-state index in [0.717, 1.165) is 44.3 Å². The van der Waals surface area contributed by atoms with Crippen molar-refractivity contribution in [1.82, 2.24) is 0 Å². The van der Waals surface area contributed by atoms with Gasteiger partial charge in [-0.25, -0.2) is 0 Å². The molecule has 0 fully saturated rings. The average Bonchev–Trinajstić information content (AvgIpc) is 3.02. The summed E-state index contributed by atoms with van der Waals surface area (Å²) in [6.07, 6.45) is 8.25. The highest BCUT2D eigenvalue weighted by Gasteiger charge is 2.28. The van der Waals surface area contributed by atoms with Crippen LogP contribution in [-0.2, 0) is 16.0 Å². The molecule has 0 heterocycles. The van der Waals surface area contributed by atoms with Gasteiger partial charge in [0.25, 0.3) is 0 Å². The van der Waals surface area contributed by atoms with Gasteiger partial charge in [-0.1, -0.05) is 30.3 Å². The summed E-state index contributed by atoms with van der Waals surface area (Å²) in [7, 11) is 0. The largest absolute Gasteiger partial charge is 0.494 e. The van der Waals surface area contributed by atoms with Gasteiger partial charge in [0.1, 0.15) is 11.3 Å². The number of benzene rings is 2. The van der Waals surface area contributed by atoms with Crippen LogP contribution in [0.1, 0.15) is 66.8 Å². The molecule has 5 heteroatoms. The van der Waals surface area contributed by atoms with Crippen molar-refractivity contribution in [1.29, 1.82) is 0 Å². The van der Waals surface area contributed by atoms with Gasteiger partial charge in [-0.05, 0) is 105 Å². The zero-order valence-corrected chi connectivity index (χ0v) is 20.3. The fourth-order valence-electron chi connectivity index (χ4n) is 4.05. The number of carbonyl (C=O) groups excluding carboxylic acids is 1. The standard InChI is InChI=1S/C28H38N2O3/c1-20-9-7-12-26(21(20)2)24-11-8-10-22-18-25(14-13-23(22)17-24)32-15-5-4-6-16-33-27(31)28(3,30)19-29/h7,9,12-14,17-18H,4-6,8,10-11,15-16,19,29-30H2,1-3H3. The fourth-order valence-corrected chi connectivity index (χ4v) is 4.05. The third kappa shape index (κ3) is 6.68. The van der Waals surface area contributed by atoms with Crippen molar-refractivity contribution >= 4 is 17.6 Å². The third-order valence-electron chi connectivity index (χ3n) is 6.47. The Morgan fingerprint density at radius 2 is 1.85 bits per heavy atom. The first kappa shape index (κ1) is 25.0. The molecule has 0 bridgehead atoms. The number of hydrogen-bond acceptors (Lipinski definition) is 5. The zero-order valence-electron chi connectivity index (χ0n) is 20.3. The lowest BCUT2D eigenvalue weighted by molar-refractivity contribution is -0.149. The first-order valence-corrected chi connectivity index (χ1v) is 12.0. The topological polar surface area (TPSA) is 87.6 Å². The van der Waals surface area contributed by atoms with E-state index in [4.69, 9.17) is 20.9 Å². The SMILES string of the molecule is Cc1cccc(C2=Cc3ccc(OCCCCCOC(=O)C(C)(N)CN)cc3CCC2)c1C. The molecule has 0 radical (unpaired) electrons. The Morgan fingerprint density at radius 1 is 1.06 bits per heavy atom. The molecule has 0 saturated carbocycles. The lowest BCUT2D eigenvalue weighted by Gasteiger charge is -2.20. The molecule has 0 spiro atoms. The van der Waals surface area contributed by atoms with Crippen LogP contribution in [0.2, 0.25) is 0 Å². The molecule has 1 aliphatic rings. The first-order valence-electron chi connectivity index (χ1n) is 12.0. The molecule has 4 N–H and O–H groups in total. The molecule has 5 nitrogen and oxygen atoms in total. The minimum atomic E-state index is -1.11. The molecule has 1 aliphatic carbocycles. The van der Waals surface area contributed by atoms with Crippen molar-refractivity contribution in [2.45, 2.75) is 64.8 Å². The van der Waals surface area contributed by atoms with E-state index in [0.29, 0.717) is 13.2 Å². The Bertz CT molecular complexity index is 995. The van der Waals surface area contributed by atoms with E-state index in [1.807, 2.05) is 0 Å². The smallest absolute Gasteiger partial charge is 0.327 e. The zero-order chi connectivity index (χ0) is 23.8. The lowest BCUT2D eigenvalue weighted by Crippen LogP contribution is -2.52. The average molecular weight is 451 g/mol. The van der Waals surface area contributed by atoms with E-state index in [-0.39, 0.29) is 6.54 Å². The van der Waals surface area contributed by atoms with Crippen LogP contribution in [0.3, 0.4) is 0 Å². The highest BCUT2D eigenvalue weighted by atomic mass is 16.5. The molecule has 178 valence electrons. The second-order valence-corrected chi connectivity index (χ2v) is 9.30. The maximum absolute atomic E-state index is 11.8. The quantitative estimate of drug-likeness (QED) is 0.395. The molecular formula is C28H38N2O3. The predicted molar refractivity (Wildman–Crippen MR) is 135 cm³/mol. The summed E-state index contributed by atoms with van der Waals surface area (Å²) in [6.45, 7) is 7.06. The maximum atomic E-state index is 11.8. The summed E-state index contributed by atoms with van der Waals surface area (Å²) in [6, 6.07) is 13.0. The van der Waals surface area contributed by atoms with Gasteiger partial charge in [0, 0.05) is 6.54 Å². The number of carbonyl (C=O) groups is 1.